The van der Waals surface area contributed by atoms with Crippen molar-refractivity contribution in [3.8, 4) is 0 Å². The van der Waals surface area contributed by atoms with Crippen molar-refractivity contribution in [2.24, 2.45) is 4.40 Å². The first-order valence-electron chi connectivity index (χ1n) is 8.73. The molecule has 0 radical (unpaired) electrons. The Kier molecular flexibility index (Phi) is 4.94. The molecule has 1 fully saturated rings. The van der Waals surface area contributed by atoms with Crippen molar-refractivity contribution in [3.63, 3.8) is 0 Å². The van der Waals surface area contributed by atoms with Gasteiger partial charge in [0.05, 0.1) is 0 Å². The minimum absolute atomic E-state index is 0.0648. The molecule has 7 nitrogen and oxygen atoms in total. The second kappa shape index (κ2) is 6.75. The third kappa shape index (κ3) is 3.82. The zero-order valence-corrected chi connectivity index (χ0v) is 16.4. The molecule has 0 spiro atoms. The molecule has 1 aromatic carbocycles. The van der Waals surface area contributed by atoms with Crippen LogP contribution in [0.5, 0.6) is 0 Å². The number of benzene rings is 1. The van der Waals surface area contributed by atoms with E-state index in [0.29, 0.717) is 24.5 Å². The highest BCUT2D eigenvalue weighted by Gasteiger charge is 2.31. The van der Waals surface area contributed by atoms with Gasteiger partial charge in [0.25, 0.3) is 0 Å². The number of carbonyl (C=O) groups is 1. The molecule has 2 aliphatic heterocycles. The van der Waals surface area contributed by atoms with Gasteiger partial charge in [-0.2, -0.15) is 0 Å². The molecule has 3 rings (SSSR count). The van der Waals surface area contributed by atoms with E-state index in [4.69, 9.17) is 4.74 Å². The Balaban J connectivity index is 1.66. The lowest BCUT2D eigenvalue weighted by Crippen LogP contribution is -2.48. The molecule has 2 aliphatic rings. The van der Waals surface area contributed by atoms with Gasteiger partial charge in [0.15, 0.2) is 5.84 Å². The van der Waals surface area contributed by atoms with Gasteiger partial charge >= 0.3 is 6.09 Å². The molecule has 1 amide bonds. The molecule has 1 saturated heterocycles. The topological polar surface area (TPSA) is 91.3 Å². The standard InChI is InChI=1S/C18H27N3O4S/c1-18(2,3)25-17(22)20(4)13-9-11-21(12-10-13)16-14-7-5-6-8-15(14)26(23,24)19-16/h5-8,13,23-24H,9-12H2,1-4H3/p-2. The van der Waals surface area contributed by atoms with E-state index in [-0.39, 0.29) is 17.0 Å². The van der Waals surface area contributed by atoms with E-state index < -0.39 is 16.4 Å². The normalized spacial score (nSPS) is 21.0. The molecule has 0 atom stereocenters. The second-order valence-electron chi connectivity index (χ2n) is 7.70. The lowest BCUT2D eigenvalue weighted by atomic mass is 10.0. The second-order valence-corrected chi connectivity index (χ2v) is 9.27. The first-order chi connectivity index (χ1) is 12.1. The molecule has 144 valence electrons. The first kappa shape index (κ1) is 19.0. The SMILES string of the molecule is CN(C(=O)OC(C)(C)C)C1CCN(C2=NS([O-])([O-])c3ccccc32)CC1. The summed E-state index contributed by atoms with van der Waals surface area (Å²) in [5, 5.41) is 0. The van der Waals surface area contributed by atoms with Crippen LogP contribution in [-0.4, -0.2) is 62.6 Å². The molecule has 0 unspecified atom stereocenters. The van der Waals surface area contributed by atoms with Crippen molar-refractivity contribution in [2.75, 3.05) is 20.1 Å². The summed E-state index contributed by atoms with van der Waals surface area (Å²) in [6.07, 6.45) is 1.13. The highest BCUT2D eigenvalue weighted by atomic mass is 32.3. The first-order valence-corrected chi connectivity index (χ1v) is 10.2. The number of sulfonamides is 1. The summed E-state index contributed by atoms with van der Waals surface area (Å²) in [7, 11) is -1.85. The van der Waals surface area contributed by atoms with Gasteiger partial charge in [-0.3, -0.25) is 0 Å². The Morgan fingerprint density at radius 2 is 1.88 bits per heavy atom. The fourth-order valence-corrected chi connectivity index (χ4v) is 4.49. The summed E-state index contributed by atoms with van der Waals surface area (Å²) in [6, 6.07) is 6.96. The third-order valence-corrected chi connectivity index (χ3v) is 5.93. The van der Waals surface area contributed by atoms with Crippen LogP contribution in [0.15, 0.2) is 33.6 Å². The van der Waals surface area contributed by atoms with Gasteiger partial charge in [0.1, 0.15) is 5.60 Å². The van der Waals surface area contributed by atoms with E-state index in [1.54, 1.807) is 30.1 Å². The van der Waals surface area contributed by atoms with Crippen molar-refractivity contribution in [1.82, 2.24) is 9.80 Å². The zero-order valence-electron chi connectivity index (χ0n) is 15.6. The number of rotatable bonds is 1. The fraction of sp³-hybridized carbons (Fsp3) is 0.556. The number of likely N-dealkylation sites (tertiary alicyclic amines) is 1. The Labute approximate surface area is 156 Å². The van der Waals surface area contributed by atoms with Gasteiger partial charge in [0.2, 0.25) is 0 Å². The van der Waals surface area contributed by atoms with E-state index >= 15 is 0 Å². The van der Waals surface area contributed by atoms with Crippen molar-refractivity contribution in [2.45, 2.75) is 50.2 Å². The van der Waals surface area contributed by atoms with Gasteiger partial charge in [-0.05, 0) is 45.7 Å². The number of hydrogen-bond acceptors (Lipinski definition) is 6. The van der Waals surface area contributed by atoms with Gasteiger partial charge in [-0.15, -0.1) is 0 Å². The molecule has 8 heteroatoms. The Morgan fingerprint density at radius 3 is 2.50 bits per heavy atom. The van der Waals surface area contributed by atoms with Crippen LogP contribution in [0, 0.1) is 0 Å². The van der Waals surface area contributed by atoms with Crippen LogP contribution in [0.1, 0.15) is 39.2 Å². The summed E-state index contributed by atoms with van der Waals surface area (Å²) in [5.74, 6) is 0.513. The molecule has 2 heterocycles. The van der Waals surface area contributed by atoms with E-state index in [0.717, 1.165) is 12.8 Å². The maximum absolute atomic E-state index is 12.2. The predicted molar refractivity (Wildman–Crippen MR) is 99.0 cm³/mol. The number of nitrogens with zero attached hydrogens (tertiary/aromatic N) is 3. The van der Waals surface area contributed by atoms with Gasteiger partial charge in [-0.1, -0.05) is 12.1 Å². The lowest BCUT2D eigenvalue weighted by molar-refractivity contribution is 0.0175. The summed E-state index contributed by atoms with van der Waals surface area (Å²) < 4.78 is 33.8. The minimum atomic E-state index is -3.61. The summed E-state index contributed by atoms with van der Waals surface area (Å²) in [6.45, 7) is 6.81. The van der Waals surface area contributed by atoms with Crippen molar-refractivity contribution < 1.29 is 18.6 Å². The van der Waals surface area contributed by atoms with Gasteiger partial charge in [0, 0.05) is 36.6 Å². The van der Waals surface area contributed by atoms with E-state index in [9.17, 15) is 13.9 Å². The fourth-order valence-electron chi connectivity index (χ4n) is 3.26. The summed E-state index contributed by atoms with van der Waals surface area (Å²) in [4.78, 5) is 16.1. The number of fused-ring (bicyclic) bond motifs is 1. The molecular formula is C18H25N3O4S-2. The number of hydrogen-bond donors (Lipinski definition) is 0. The number of ether oxygens (including phenoxy) is 1. The molecule has 0 aromatic heterocycles. The van der Waals surface area contributed by atoms with Crippen molar-refractivity contribution >= 4 is 22.7 Å². The van der Waals surface area contributed by atoms with Crippen LogP contribution >= 0.6 is 10.8 Å². The lowest BCUT2D eigenvalue weighted by Gasteiger charge is -2.52. The number of amidine groups is 1. The van der Waals surface area contributed by atoms with Crippen molar-refractivity contribution in [1.29, 1.82) is 0 Å². The Bertz CT molecular complexity index is 721. The van der Waals surface area contributed by atoms with Crippen LogP contribution in [0.4, 0.5) is 4.79 Å². The number of amides is 1. The van der Waals surface area contributed by atoms with Crippen molar-refractivity contribution in [3.05, 3.63) is 29.8 Å². The molecule has 26 heavy (non-hydrogen) atoms. The van der Waals surface area contributed by atoms with Crippen LogP contribution in [0.25, 0.3) is 0 Å². The molecule has 0 bridgehead atoms. The van der Waals surface area contributed by atoms with Crippen LogP contribution in [0.2, 0.25) is 0 Å². The Morgan fingerprint density at radius 1 is 1.27 bits per heavy atom. The van der Waals surface area contributed by atoms with Gasteiger partial charge in [-0.25, -0.2) is 9.19 Å². The highest BCUT2D eigenvalue weighted by Crippen LogP contribution is 2.55. The molecular weight excluding hydrogens is 354 g/mol. The molecule has 0 saturated carbocycles. The third-order valence-electron chi connectivity index (χ3n) is 4.61. The van der Waals surface area contributed by atoms with E-state index in [1.165, 1.54) is 0 Å². The van der Waals surface area contributed by atoms with Crippen LogP contribution in [0.3, 0.4) is 0 Å². The maximum Gasteiger partial charge on any atom is 0.410 e. The quantitative estimate of drug-likeness (QED) is 0.748. The van der Waals surface area contributed by atoms with Crippen LogP contribution < -0.4 is 0 Å². The zero-order chi connectivity index (χ0) is 19.1. The summed E-state index contributed by atoms with van der Waals surface area (Å²) in [5.41, 5.74) is 0.134. The maximum atomic E-state index is 12.2. The average molecular weight is 379 g/mol. The summed E-state index contributed by atoms with van der Waals surface area (Å²) >= 11 is 0. The average Bonchev–Trinajstić information content (AvgIpc) is 2.85. The molecule has 0 N–H and O–H groups in total. The Hall–Kier alpha value is -1.77. The minimum Gasteiger partial charge on any atom is -0.778 e. The highest BCUT2D eigenvalue weighted by molar-refractivity contribution is 8.23. The predicted octanol–water partition coefficient (Wildman–Crippen LogP) is 3.12. The van der Waals surface area contributed by atoms with Gasteiger partial charge < -0.3 is 34.4 Å². The van der Waals surface area contributed by atoms with E-state index in [2.05, 4.69) is 4.40 Å². The molecule has 1 aromatic rings. The van der Waals surface area contributed by atoms with E-state index in [1.807, 2.05) is 31.7 Å². The largest absolute Gasteiger partial charge is 0.778 e. The number of piperidine rings is 1. The smallest absolute Gasteiger partial charge is 0.410 e. The van der Waals surface area contributed by atoms with Crippen LogP contribution in [-0.2, 0) is 4.74 Å². The number of carbonyl (C=O) groups excluding carboxylic acids is 1. The monoisotopic (exact) mass is 379 g/mol. The molecule has 0 aliphatic carbocycles.